The van der Waals surface area contributed by atoms with E-state index < -0.39 is 11.7 Å². The molecule has 0 saturated carbocycles. The van der Waals surface area contributed by atoms with Crippen LogP contribution in [0.5, 0.6) is 11.8 Å². The zero-order valence-corrected chi connectivity index (χ0v) is 13.5. The zero-order chi connectivity index (χ0) is 17.9. The fourth-order valence-corrected chi connectivity index (χ4v) is 2.60. The maximum atomic E-state index is 12.6. The molecule has 2 aromatic heterocycles. The van der Waals surface area contributed by atoms with Gasteiger partial charge in [0, 0.05) is 12.7 Å². The molecule has 1 aliphatic rings. The Morgan fingerprint density at radius 3 is 2.48 bits per heavy atom. The van der Waals surface area contributed by atoms with Gasteiger partial charge in [-0.05, 0) is 25.0 Å². The third-order valence-electron chi connectivity index (χ3n) is 3.89. The molecule has 6 nitrogen and oxygen atoms in total. The van der Waals surface area contributed by atoms with E-state index in [1.165, 1.54) is 25.6 Å². The first-order chi connectivity index (χ1) is 12.0. The molecule has 0 aromatic carbocycles. The van der Waals surface area contributed by atoms with Crippen LogP contribution in [0.15, 0.2) is 30.7 Å². The molecule has 2 aromatic rings. The number of aromatic nitrogens is 3. The van der Waals surface area contributed by atoms with Crippen LogP contribution >= 0.6 is 0 Å². The van der Waals surface area contributed by atoms with Crippen molar-refractivity contribution in [1.29, 1.82) is 0 Å². The second-order valence-electron chi connectivity index (χ2n) is 5.64. The number of ether oxygens (including phenoxy) is 2. The normalized spacial score (nSPS) is 18.1. The summed E-state index contributed by atoms with van der Waals surface area (Å²) in [6.07, 6.45) is 0.986. The monoisotopic (exact) mass is 354 g/mol. The summed E-state index contributed by atoms with van der Waals surface area (Å²) in [6, 6.07) is 2.67. The molecule has 1 atom stereocenters. The molecule has 0 radical (unpaired) electrons. The molecule has 0 N–H and O–H groups in total. The minimum Gasteiger partial charge on any atom is -0.494 e. The lowest BCUT2D eigenvalue weighted by atomic mass is 10.1. The Morgan fingerprint density at radius 1 is 1.12 bits per heavy atom. The summed E-state index contributed by atoms with van der Waals surface area (Å²) < 4.78 is 48.6. The standard InChI is InChI=1S/C16H17F3N4O2/c1-24-13-8-21-15(22-9-13)25-12-3-2-6-23(10-12)14-5-4-11(7-20-14)16(17,18)19/h4-5,7-9,12H,2-3,6,10H2,1H3. The van der Waals surface area contributed by atoms with Crippen LogP contribution in [0.3, 0.4) is 0 Å². The highest BCUT2D eigenvalue weighted by Crippen LogP contribution is 2.30. The number of rotatable bonds is 4. The summed E-state index contributed by atoms with van der Waals surface area (Å²) in [7, 11) is 1.52. The van der Waals surface area contributed by atoms with E-state index in [1.54, 1.807) is 0 Å². The van der Waals surface area contributed by atoms with Crippen molar-refractivity contribution in [2.24, 2.45) is 0 Å². The second kappa shape index (κ2) is 7.12. The molecular weight excluding hydrogens is 337 g/mol. The van der Waals surface area contributed by atoms with Crippen molar-refractivity contribution in [3.8, 4) is 11.8 Å². The summed E-state index contributed by atoms with van der Waals surface area (Å²) in [5, 5.41) is 0. The Morgan fingerprint density at radius 2 is 1.88 bits per heavy atom. The Kier molecular flexibility index (Phi) is 4.91. The van der Waals surface area contributed by atoms with Crippen LogP contribution in [0.4, 0.5) is 19.0 Å². The summed E-state index contributed by atoms with van der Waals surface area (Å²) in [4.78, 5) is 14.0. The number of anilines is 1. The van der Waals surface area contributed by atoms with Crippen molar-refractivity contribution < 1.29 is 22.6 Å². The van der Waals surface area contributed by atoms with E-state index >= 15 is 0 Å². The van der Waals surface area contributed by atoms with Gasteiger partial charge in [-0.2, -0.15) is 23.1 Å². The lowest BCUT2D eigenvalue weighted by molar-refractivity contribution is -0.137. The molecule has 0 spiro atoms. The topological polar surface area (TPSA) is 60.4 Å². The van der Waals surface area contributed by atoms with E-state index in [-0.39, 0.29) is 12.1 Å². The minimum absolute atomic E-state index is 0.161. The van der Waals surface area contributed by atoms with Gasteiger partial charge in [0.1, 0.15) is 11.9 Å². The maximum Gasteiger partial charge on any atom is 0.417 e. The fraction of sp³-hybridized carbons (Fsp3) is 0.438. The lowest BCUT2D eigenvalue weighted by Crippen LogP contribution is -2.41. The summed E-state index contributed by atoms with van der Waals surface area (Å²) in [6.45, 7) is 1.22. The van der Waals surface area contributed by atoms with Gasteiger partial charge in [0.2, 0.25) is 0 Å². The molecule has 0 bridgehead atoms. The quantitative estimate of drug-likeness (QED) is 0.841. The van der Waals surface area contributed by atoms with Crippen LogP contribution in [-0.4, -0.2) is 41.3 Å². The number of hydrogen-bond donors (Lipinski definition) is 0. The highest BCUT2D eigenvalue weighted by atomic mass is 19.4. The number of hydrogen-bond acceptors (Lipinski definition) is 6. The molecular formula is C16H17F3N4O2. The average molecular weight is 354 g/mol. The van der Waals surface area contributed by atoms with Gasteiger partial charge in [-0.1, -0.05) is 0 Å². The fourth-order valence-electron chi connectivity index (χ4n) is 2.60. The predicted octanol–water partition coefficient (Wildman–Crippen LogP) is 2.95. The Bertz CT molecular complexity index is 692. The van der Waals surface area contributed by atoms with E-state index in [9.17, 15) is 13.2 Å². The molecule has 134 valence electrons. The second-order valence-corrected chi connectivity index (χ2v) is 5.64. The van der Waals surface area contributed by atoms with Crippen molar-refractivity contribution in [3.05, 3.63) is 36.3 Å². The molecule has 1 aliphatic heterocycles. The van der Waals surface area contributed by atoms with Crippen molar-refractivity contribution in [2.45, 2.75) is 25.1 Å². The molecule has 0 amide bonds. The van der Waals surface area contributed by atoms with Crippen molar-refractivity contribution in [1.82, 2.24) is 15.0 Å². The van der Waals surface area contributed by atoms with Crippen molar-refractivity contribution >= 4 is 5.82 Å². The zero-order valence-electron chi connectivity index (χ0n) is 13.5. The number of methoxy groups -OCH3 is 1. The summed E-state index contributed by atoms with van der Waals surface area (Å²) in [5.74, 6) is 1.03. The summed E-state index contributed by atoms with van der Waals surface area (Å²) in [5.41, 5.74) is -0.757. The van der Waals surface area contributed by atoms with Gasteiger partial charge < -0.3 is 14.4 Å². The van der Waals surface area contributed by atoms with Crippen LogP contribution in [-0.2, 0) is 6.18 Å². The first-order valence-corrected chi connectivity index (χ1v) is 7.76. The van der Waals surface area contributed by atoms with Gasteiger partial charge in [0.25, 0.3) is 0 Å². The molecule has 25 heavy (non-hydrogen) atoms. The Balaban J connectivity index is 1.64. The van der Waals surface area contributed by atoms with Crippen molar-refractivity contribution in [3.63, 3.8) is 0 Å². The summed E-state index contributed by atoms with van der Waals surface area (Å²) >= 11 is 0. The molecule has 3 rings (SSSR count). The van der Waals surface area contributed by atoms with E-state index in [1.807, 2.05) is 4.90 Å². The van der Waals surface area contributed by atoms with Crippen LogP contribution in [0.1, 0.15) is 18.4 Å². The van der Waals surface area contributed by atoms with Crippen LogP contribution in [0.2, 0.25) is 0 Å². The van der Waals surface area contributed by atoms with Crippen LogP contribution in [0, 0.1) is 0 Å². The van der Waals surface area contributed by atoms with E-state index in [4.69, 9.17) is 9.47 Å². The predicted molar refractivity (Wildman–Crippen MR) is 83.7 cm³/mol. The molecule has 1 fully saturated rings. The minimum atomic E-state index is -4.38. The molecule has 1 unspecified atom stereocenters. The van der Waals surface area contributed by atoms with Gasteiger partial charge in [0.05, 0.1) is 31.6 Å². The number of pyridine rings is 1. The van der Waals surface area contributed by atoms with Crippen LogP contribution < -0.4 is 14.4 Å². The average Bonchev–Trinajstić information content (AvgIpc) is 2.62. The van der Waals surface area contributed by atoms with Crippen LogP contribution in [0.25, 0.3) is 0 Å². The smallest absolute Gasteiger partial charge is 0.417 e. The number of halogens is 3. The van der Waals surface area contributed by atoms with Gasteiger partial charge in [-0.25, -0.2) is 4.98 Å². The lowest BCUT2D eigenvalue weighted by Gasteiger charge is -2.33. The number of nitrogens with zero attached hydrogens (tertiary/aromatic N) is 4. The molecule has 0 aliphatic carbocycles. The molecule has 1 saturated heterocycles. The number of alkyl halides is 3. The van der Waals surface area contributed by atoms with Gasteiger partial charge in [-0.3, -0.25) is 0 Å². The van der Waals surface area contributed by atoms with E-state index in [0.29, 0.717) is 24.7 Å². The maximum absolute atomic E-state index is 12.6. The highest BCUT2D eigenvalue weighted by Gasteiger charge is 2.31. The third kappa shape index (κ3) is 4.28. The number of piperidine rings is 1. The Labute approximate surface area is 142 Å². The first kappa shape index (κ1) is 17.2. The van der Waals surface area contributed by atoms with Gasteiger partial charge >= 0.3 is 12.2 Å². The molecule has 3 heterocycles. The SMILES string of the molecule is COc1cnc(OC2CCCN(c3ccc(C(F)(F)F)cn3)C2)nc1. The van der Waals surface area contributed by atoms with Crippen molar-refractivity contribution in [2.75, 3.05) is 25.1 Å². The molecule has 9 heteroatoms. The van der Waals surface area contributed by atoms with E-state index in [2.05, 4.69) is 15.0 Å². The largest absolute Gasteiger partial charge is 0.494 e. The Hall–Kier alpha value is -2.58. The van der Waals surface area contributed by atoms with E-state index in [0.717, 1.165) is 25.1 Å². The highest BCUT2D eigenvalue weighted by molar-refractivity contribution is 5.40. The van der Waals surface area contributed by atoms with Gasteiger partial charge in [0.15, 0.2) is 5.75 Å². The first-order valence-electron chi connectivity index (χ1n) is 7.76. The van der Waals surface area contributed by atoms with Gasteiger partial charge in [-0.15, -0.1) is 0 Å². The third-order valence-corrected chi connectivity index (χ3v) is 3.89.